The number of hydrogen-bond acceptors (Lipinski definition) is 5. The summed E-state index contributed by atoms with van der Waals surface area (Å²) in [5.74, 6) is -1.01. The number of aldehydes is 1. The van der Waals surface area contributed by atoms with Gasteiger partial charge in [-0.3, -0.25) is 9.59 Å². The van der Waals surface area contributed by atoms with Crippen molar-refractivity contribution in [1.29, 1.82) is 0 Å². The molecule has 1 heterocycles. The van der Waals surface area contributed by atoms with E-state index < -0.39 is 18.0 Å². The van der Waals surface area contributed by atoms with Gasteiger partial charge in [0, 0.05) is 30.0 Å². The molecule has 0 bridgehead atoms. The second-order valence-electron chi connectivity index (χ2n) is 6.87. The fraction of sp³-hybridized carbons (Fsp3) is 0.318. The average Bonchev–Trinajstić information content (AvgIpc) is 2.75. The van der Waals surface area contributed by atoms with E-state index in [1.807, 2.05) is 24.3 Å². The summed E-state index contributed by atoms with van der Waals surface area (Å²) in [5, 5.41) is 2.77. The molecule has 28 heavy (non-hydrogen) atoms. The van der Waals surface area contributed by atoms with E-state index in [4.69, 9.17) is 4.74 Å². The third-order valence-corrected chi connectivity index (χ3v) is 4.79. The number of carbonyl (C=O) groups is 3. The van der Waals surface area contributed by atoms with Crippen LogP contribution in [0.2, 0.25) is 0 Å². The van der Waals surface area contributed by atoms with Crippen LogP contribution in [0, 0.1) is 0 Å². The quantitative estimate of drug-likeness (QED) is 0.611. The smallest absolute Gasteiger partial charge is 0.338 e. The summed E-state index contributed by atoms with van der Waals surface area (Å²) in [4.78, 5) is 37.5. The minimum atomic E-state index is -0.944. The van der Waals surface area contributed by atoms with Crippen LogP contribution in [-0.4, -0.2) is 37.4 Å². The van der Waals surface area contributed by atoms with E-state index in [0.29, 0.717) is 17.5 Å². The molecule has 1 atom stereocenters. The van der Waals surface area contributed by atoms with Crippen LogP contribution in [0.15, 0.2) is 48.5 Å². The van der Waals surface area contributed by atoms with E-state index in [9.17, 15) is 14.4 Å². The highest BCUT2D eigenvalue weighted by molar-refractivity contribution is 5.97. The van der Waals surface area contributed by atoms with Crippen molar-refractivity contribution in [2.45, 2.75) is 32.3 Å². The first-order chi connectivity index (χ1) is 13.6. The fourth-order valence-electron chi connectivity index (χ4n) is 3.13. The predicted octanol–water partition coefficient (Wildman–Crippen LogP) is 3.67. The number of rotatable bonds is 6. The van der Waals surface area contributed by atoms with Gasteiger partial charge in [-0.25, -0.2) is 4.79 Å². The van der Waals surface area contributed by atoms with E-state index >= 15 is 0 Å². The van der Waals surface area contributed by atoms with Gasteiger partial charge in [0.05, 0.1) is 5.56 Å². The molecule has 0 radical (unpaired) electrons. The van der Waals surface area contributed by atoms with Gasteiger partial charge in [0.15, 0.2) is 6.10 Å². The first-order valence-corrected chi connectivity index (χ1v) is 9.49. The summed E-state index contributed by atoms with van der Waals surface area (Å²) in [6.45, 7) is 3.65. The molecule has 1 N–H and O–H groups in total. The third kappa shape index (κ3) is 4.97. The molecule has 146 valence electrons. The number of carbonyl (C=O) groups excluding carboxylic acids is 3. The largest absolute Gasteiger partial charge is 0.449 e. The number of esters is 1. The summed E-state index contributed by atoms with van der Waals surface area (Å²) >= 11 is 0. The summed E-state index contributed by atoms with van der Waals surface area (Å²) in [6.07, 6.45) is 3.45. The van der Waals surface area contributed by atoms with Crippen LogP contribution in [0.5, 0.6) is 0 Å². The number of nitrogens with one attached hydrogen (secondary N) is 1. The molecule has 0 spiro atoms. The van der Waals surface area contributed by atoms with Crippen LogP contribution in [0.25, 0.3) is 0 Å². The van der Waals surface area contributed by atoms with Crippen LogP contribution in [-0.2, 0) is 9.53 Å². The Bertz CT molecular complexity index is 825. The first kappa shape index (κ1) is 19.6. The van der Waals surface area contributed by atoms with Crippen molar-refractivity contribution >= 4 is 29.5 Å². The zero-order chi connectivity index (χ0) is 19.9. The Labute approximate surface area is 164 Å². The summed E-state index contributed by atoms with van der Waals surface area (Å²) in [6, 6.07) is 13.7. The molecule has 1 aliphatic heterocycles. The van der Waals surface area contributed by atoms with Crippen molar-refractivity contribution < 1.29 is 19.1 Å². The number of hydrogen-bond donors (Lipinski definition) is 1. The Morgan fingerprint density at radius 1 is 1.00 bits per heavy atom. The highest BCUT2D eigenvalue weighted by atomic mass is 16.5. The number of ether oxygens (including phenoxy) is 1. The molecular formula is C22H24N2O4. The van der Waals surface area contributed by atoms with Crippen molar-refractivity contribution in [3.8, 4) is 0 Å². The minimum absolute atomic E-state index is 0.288. The molecule has 6 heteroatoms. The molecule has 6 nitrogen and oxygen atoms in total. The lowest BCUT2D eigenvalue weighted by atomic mass is 10.1. The second-order valence-corrected chi connectivity index (χ2v) is 6.87. The molecule has 0 aromatic heterocycles. The minimum Gasteiger partial charge on any atom is -0.449 e. The van der Waals surface area contributed by atoms with Crippen molar-refractivity contribution in [3.63, 3.8) is 0 Å². The topological polar surface area (TPSA) is 75.7 Å². The van der Waals surface area contributed by atoms with Gasteiger partial charge in [0.2, 0.25) is 0 Å². The van der Waals surface area contributed by atoms with Crippen LogP contribution in [0.3, 0.4) is 0 Å². The highest BCUT2D eigenvalue weighted by Crippen LogP contribution is 2.22. The predicted molar refractivity (Wildman–Crippen MR) is 108 cm³/mol. The van der Waals surface area contributed by atoms with Crippen molar-refractivity contribution in [2.75, 3.05) is 23.3 Å². The summed E-state index contributed by atoms with van der Waals surface area (Å²) < 4.78 is 5.22. The molecule has 1 fully saturated rings. The standard InChI is InChI=1S/C22H24N2O4/c1-16(28-22(27)18-7-5-17(15-25)6-8-18)21(26)23-19-9-11-20(12-10-19)24-13-3-2-4-14-24/h5-12,15-16H,2-4,13-14H2,1H3,(H,23,26)/t16-/m0/s1. The molecule has 1 amide bonds. The third-order valence-electron chi connectivity index (χ3n) is 4.79. The van der Waals surface area contributed by atoms with Crippen LogP contribution < -0.4 is 10.2 Å². The van der Waals surface area contributed by atoms with Gasteiger partial charge in [-0.15, -0.1) is 0 Å². The van der Waals surface area contributed by atoms with Crippen LogP contribution in [0.1, 0.15) is 46.9 Å². The molecule has 2 aromatic rings. The zero-order valence-corrected chi connectivity index (χ0v) is 15.9. The second kappa shape index (κ2) is 9.17. The normalized spacial score (nSPS) is 14.8. The van der Waals surface area contributed by atoms with Crippen LogP contribution in [0.4, 0.5) is 11.4 Å². The molecule has 0 unspecified atom stereocenters. The number of anilines is 2. The van der Waals surface area contributed by atoms with Gasteiger partial charge in [-0.05, 0) is 62.6 Å². The Kier molecular flexibility index (Phi) is 6.42. The maximum atomic E-state index is 12.3. The lowest BCUT2D eigenvalue weighted by Crippen LogP contribution is -2.30. The van der Waals surface area contributed by atoms with Crippen molar-refractivity contribution in [3.05, 3.63) is 59.7 Å². The van der Waals surface area contributed by atoms with Crippen molar-refractivity contribution in [2.24, 2.45) is 0 Å². The Balaban J connectivity index is 1.54. The molecular weight excluding hydrogens is 356 g/mol. The van der Waals surface area contributed by atoms with Gasteiger partial charge in [-0.1, -0.05) is 12.1 Å². The lowest BCUT2D eigenvalue weighted by Gasteiger charge is -2.28. The molecule has 2 aromatic carbocycles. The van der Waals surface area contributed by atoms with Crippen LogP contribution >= 0.6 is 0 Å². The van der Waals surface area contributed by atoms with Gasteiger partial charge < -0.3 is 15.0 Å². The van der Waals surface area contributed by atoms with E-state index in [2.05, 4.69) is 10.2 Å². The number of nitrogens with zero attached hydrogens (tertiary/aromatic N) is 1. The molecule has 1 saturated heterocycles. The molecule has 3 rings (SSSR count). The van der Waals surface area contributed by atoms with Crippen molar-refractivity contribution in [1.82, 2.24) is 0 Å². The lowest BCUT2D eigenvalue weighted by molar-refractivity contribution is -0.123. The molecule has 1 aliphatic rings. The van der Waals surface area contributed by atoms with E-state index in [1.165, 1.54) is 50.5 Å². The SMILES string of the molecule is C[C@H](OC(=O)c1ccc(C=O)cc1)C(=O)Nc1ccc(N2CCCCC2)cc1. The van der Waals surface area contributed by atoms with E-state index in [1.54, 1.807) is 0 Å². The first-order valence-electron chi connectivity index (χ1n) is 9.49. The number of piperidine rings is 1. The molecule has 0 saturated carbocycles. The van der Waals surface area contributed by atoms with E-state index in [-0.39, 0.29) is 5.56 Å². The summed E-state index contributed by atoms with van der Waals surface area (Å²) in [5.41, 5.74) is 2.56. The fourth-order valence-corrected chi connectivity index (χ4v) is 3.13. The summed E-state index contributed by atoms with van der Waals surface area (Å²) in [7, 11) is 0. The number of benzene rings is 2. The highest BCUT2D eigenvalue weighted by Gasteiger charge is 2.19. The zero-order valence-electron chi connectivity index (χ0n) is 15.9. The molecule has 0 aliphatic carbocycles. The van der Waals surface area contributed by atoms with Gasteiger partial charge in [0.25, 0.3) is 5.91 Å². The Hall–Kier alpha value is -3.15. The van der Waals surface area contributed by atoms with Gasteiger partial charge >= 0.3 is 5.97 Å². The Morgan fingerprint density at radius 2 is 1.64 bits per heavy atom. The van der Waals surface area contributed by atoms with Gasteiger partial charge in [-0.2, -0.15) is 0 Å². The maximum Gasteiger partial charge on any atom is 0.338 e. The average molecular weight is 380 g/mol. The Morgan fingerprint density at radius 3 is 2.25 bits per heavy atom. The van der Waals surface area contributed by atoms with Gasteiger partial charge in [0.1, 0.15) is 6.29 Å². The van der Waals surface area contributed by atoms with E-state index in [0.717, 1.165) is 18.8 Å². The number of amides is 1. The maximum absolute atomic E-state index is 12.3. The monoisotopic (exact) mass is 380 g/mol.